The maximum absolute atomic E-state index is 12.0. The van der Waals surface area contributed by atoms with Crippen molar-refractivity contribution >= 4 is 22.6 Å². The van der Waals surface area contributed by atoms with Crippen molar-refractivity contribution in [3.63, 3.8) is 0 Å². The molecule has 22 heavy (non-hydrogen) atoms. The van der Waals surface area contributed by atoms with Gasteiger partial charge in [0.05, 0.1) is 18.9 Å². The lowest BCUT2D eigenvalue weighted by molar-refractivity contribution is 0.0388. The first kappa shape index (κ1) is 14.9. The molecule has 0 bridgehead atoms. The molecule has 1 aromatic carbocycles. The zero-order chi connectivity index (χ0) is 15.4. The summed E-state index contributed by atoms with van der Waals surface area (Å²) in [5.41, 5.74) is 1.94. The number of anilines is 1. The Balaban J connectivity index is 1.52. The van der Waals surface area contributed by atoms with Crippen LogP contribution in [0.15, 0.2) is 30.5 Å². The van der Waals surface area contributed by atoms with Gasteiger partial charge in [0.25, 0.3) is 0 Å². The van der Waals surface area contributed by atoms with Gasteiger partial charge in [-0.3, -0.25) is 4.90 Å². The third-order valence-electron chi connectivity index (χ3n) is 3.99. The summed E-state index contributed by atoms with van der Waals surface area (Å²) in [5.74, 6) is 0. The number of hydrogen-bond acceptors (Lipinski definition) is 3. The van der Waals surface area contributed by atoms with Crippen LogP contribution in [-0.4, -0.2) is 54.9 Å². The van der Waals surface area contributed by atoms with Gasteiger partial charge in [-0.05, 0) is 18.2 Å². The molecule has 0 aliphatic carbocycles. The Kier molecular flexibility index (Phi) is 4.60. The predicted octanol–water partition coefficient (Wildman–Crippen LogP) is 1.63. The van der Waals surface area contributed by atoms with Gasteiger partial charge in [0.15, 0.2) is 0 Å². The second-order valence-electron chi connectivity index (χ2n) is 5.50. The number of ether oxygens (including phenoxy) is 1. The molecule has 0 atom stereocenters. The Morgan fingerprint density at radius 3 is 2.91 bits per heavy atom. The van der Waals surface area contributed by atoms with E-state index in [-0.39, 0.29) is 6.03 Å². The lowest BCUT2D eigenvalue weighted by atomic mass is 10.2. The number of morpholine rings is 1. The highest BCUT2D eigenvalue weighted by Crippen LogP contribution is 2.23. The topological polar surface area (TPSA) is 58.5 Å². The van der Waals surface area contributed by atoms with E-state index >= 15 is 0 Å². The van der Waals surface area contributed by atoms with Gasteiger partial charge in [-0.2, -0.15) is 0 Å². The molecule has 0 unspecified atom stereocenters. The first-order valence-corrected chi connectivity index (χ1v) is 7.63. The Bertz CT molecular complexity index is 647. The van der Waals surface area contributed by atoms with Crippen LogP contribution in [0.5, 0.6) is 0 Å². The van der Waals surface area contributed by atoms with Crippen molar-refractivity contribution in [3.8, 4) is 0 Å². The molecule has 2 aromatic rings. The first-order chi connectivity index (χ1) is 10.7. The summed E-state index contributed by atoms with van der Waals surface area (Å²) >= 11 is 0. The number of benzene rings is 1. The van der Waals surface area contributed by atoms with Crippen LogP contribution in [0.4, 0.5) is 10.5 Å². The molecule has 118 valence electrons. The Morgan fingerprint density at radius 1 is 1.27 bits per heavy atom. The third kappa shape index (κ3) is 3.40. The number of urea groups is 1. The summed E-state index contributed by atoms with van der Waals surface area (Å²) in [6, 6.07) is 7.76. The van der Waals surface area contributed by atoms with Crippen LogP contribution in [0.2, 0.25) is 0 Å². The van der Waals surface area contributed by atoms with E-state index in [9.17, 15) is 4.79 Å². The zero-order valence-corrected chi connectivity index (χ0v) is 12.8. The van der Waals surface area contributed by atoms with Crippen LogP contribution < -0.4 is 10.6 Å². The van der Waals surface area contributed by atoms with Crippen LogP contribution in [0.3, 0.4) is 0 Å². The zero-order valence-electron chi connectivity index (χ0n) is 12.8. The maximum Gasteiger partial charge on any atom is 0.319 e. The van der Waals surface area contributed by atoms with Crippen molar-refractivity contribution < 1.29 is 9.53 Å². The van der Waals surface area contributed by atoms with Crippen molar-refractivity contribution in [1.82, 2.24) is 14.8 Å². The van der Waals surface area contributed by atoms with Gasteiger partial charge in [0.2, 0.25) is 0 Å². The standard InChI is InChI=1S/C16H22N4O2/c1-19-7-5-13-14(3-2-4-15(13)19)18-16(21)17-6-8-20-9-11-22-12-10-20/h2-5,7H,6,8-12H2,1H3,(H2,17,18,21). The van der Waals surface area contributed by atoms with Crippen molar-refractivity contribution in [3.05, 3.63) is 30.5 Å². The molecule has 2 amide bonds. The largest absolute Gasteiger partial charge is 0.379 e. The lowest BCUT2D eigenvalue weighted by Gasteiger charge is -2.26. The molecule has 6 heteroatoms. The fraction of sp³-hybridized carbons (Fsp3) is 0.438. The smallest absolute Gasteiger partial charge is 0.319 e. The molecule has 1 aliphatic rings. The van der Waals surface area contributed by atoms with Crippen LogP contribution in [0, 0.1) is 0 Å². The van der Waals surface area contributed by atoms with Crippen molar-refractivity contribution in [2.24, 2.45) is 7.05 Å². The highest BCUT2D eigenvalue weighted by molar-refractivity contribution is 6.00. The van der Waals surface area contributed by atoms with E-state index in [0.29, 0.717) is 6.54 Å². The Labute approximate surface area is 130 Å². The molecule has 1 saturated heterocycles. The second kappa shape index (κ2) is 6.81. The highest BCUT2D eigenvalue weighted by Gasteiger charge is 2.11. The van der Waals surface area contributed by atoms with Gasteiger partial charge < -0.3 is 19.9 Å². The number of hydrogen-bond donors (Lipinski definition) is 2. The average molecular weight is 302 g/mol. The first-order valence-electron chi connectivity index (χ1n) is 7.63. The molecular weight excluding hydrogens is 280 g/mol. The fourth-order valence-electron chi connectivity index (χ4n) is 2.73. The summed E-state index contributed by atoms with van der Waals surface area (Å²) in [7, 11) is 1.99. The summed E-state index contributed by atoms with van der Waals surface area (Å²) < 4.78 is 7.34. The number of carbonyl (C=O) groups is 1. The number of fused-ring (bicyclic) bond motifs is 1. The Hall–Kier alpha value is -2.05. The average Bonchev–Trinajstić information content (AvgIpc) is 2.91. The summed E-state index contributed by atoms with van der Waals surface area (Å²) in [5, 5.41) is 6.89. The predicted molar refractivity (Wildman–Crippen MR) is 87.2 cm³/mol. The SMILES string of the molecule is Cn1ccc2c(NC(=O)NCCN3CCOCC3)cccc21. The highest BCUT2D eigenvalue weighted by atomic mass is 16.5. The molecule has 1 aliphatic heterocycles. The van der Waals surface area contributed by atoms with Gasteiger partial charge in [-0.25, -0.2) is 4.79 Å². The number of nitrogens with zero attached hydrogens (tertiary/aromatic N) is 2. The molecule has 0 spiro atoms. The second-order valence-corrected chi connectivity index (χ2v) is 5.50. The van der Waals surface area contributed by atoms with E-state index in [1.54, 1.807) is 0 Å². The van der Waals surface area contributed by atoms with Gasteiger partial charge in [-0.1, -0.05) is 6.07 Å². The molecule has 3 rings (SSSR count). The number of amides is 2. The molecule has 2 heterocycles. The van der Waals surface area contributed by atoms with E-state index in [4.69, 9.17) is 4.74 Å². The molecule has 0 radical (unpaired) electrons. The molecule has 2 N–H and O–H groups in total. The van der Waals surface area contributed by atoms with Crippen LogP contribution in [0.25, 0.3) is 10.9 Å². The van der Waals surface area contributed by atoms with Crippen LogP contribution in [0.1, 0.15) is 0 Å². The number of aromatic nitrogens is 1. The lowest BCUT2D eigenvalue weighted by Crippen LogP contribution is -2.42. The van der Waals surface area contributed by atoms with E-state index in [1.165, 1.54) is 0 Å². The van der Waals surface area contributed by atoms with Crippen molar-refractivity contribution in [2.45, 2.75) is 0 Å². The van der Waals surface area contributed by atoms with Gasteiger partial charge in [0.1, 0.15) is 0 Å². The molecule has 1 aromatic heterocycles. The summed E-state index contributed by atoms with van der Waals surface area (Å²) in [4.78, 5) is 14.3. The fourth-order valence-corrected chi connectivity index (χ4v) is 2.73. The van der Waals surface area contributed by atoms with Gasteiger partial charge >= 0.3 is 6.03 Å². The molecule has 1 fully saturated rings. The number of aryl methyl sites for hydroxylation is 1. The van der Waals surface area contributed by atoms with E-state index in [1.807, 2.05) is 42.1 Å². The minimum absolute atomic E-state index is 0.162. The summed E-state index contributed by atoms with van der Waals surface area (Å²) in [6.45, 7) is 4.92. The number of nitrogens with one attached hydrogen (secondary N) is 2. The van der Waals surface area contributed by atoms with E-state index in [2.05, 4.69) is 15.5 Å². The maximum atomic E-state index is 12.0. The normalized spacial score (nSPS) is 15.9. The van der Waals surface area contributed by atoms with E-state index < -0.39 is 0 Å². The minimum Gasteiger partial charge on any atom is -0.379 e. The van der Waals surface area contributed by atoms with Crippen molar-refractivity contribution in [2.75, 3.05) is 44.7 Å². The molecule has 0 saturated carbocycles. The van der Waals surface area contributed by atoms with E-state index in [0.717, 1.165) is 49.4 Å². The van der Waals surface area contributed by atoms with Gasteiger partial charge in [-0.15, -0.1) is 0 Å². The third-order valence-corrected chi connectivity index (χ3v) is 3.99. The monoisotopic (exact) mass is 302 g/mol. The van der Waals surface area contributed by atoms with Crippen LogP contribution in [-0.2, 0) is 11.8 Å². The number of rotatable bonds is 4. The molecule has 6 nitrogen and oxygen atoms in total. The minimum atomic E-state index is -0.162. The summed E-state index contributed by atoms with van der Waals surface area (Å²) in [6.07, 6.45) is 1.99. The van der Waals surface area contributed by atoms with Gasteiger partial charge in [0, 0.05) is 50.3 Å². The number of carbonyl (C=O) groups excluding carboxylic acids is 1. The quantitative estimate of drug-likeness (QED) is 0.902. The van der Waals surface area contributed by atoms with Crippen molar-refractivity contribution in [1.29, 1.82) is 0 Å². The van der Waals surface area contributed by atoms with Crippen LogP contribution >= 0.6 is 0 Å². The molecular formula is C16H22N4O2. The Morgan fingerprint density at radius 2 is 2.09 bits per heavy atom.